The summed E-state index contributed by atoms with van der Waals surface area (Å²) in [6, 6.07) is 44.7. The van der Waals surface area contributed by atoms with Crippen LogP contribution >= 0.6 is 0 Å². The van der Waals surface area contributed by atoms with Gasteiger partial charge in [0.1, 0.15) is 5.75 Å². The molecule has 0 bridgehead atoms. The average Bonchev–Trinajstić information content (AvgIpc) is 2.98. The van der Waals surface area contributed by atoms with Crippen LogP contribution < -0.4 is 4.74 Å². The van der Waals surface area contributed by atoms with E-state index in [1.807, 2.05) is 91.1 Å². The van der Waals surface area contributed by atoms with Gasteiger partial charge in [0.2, 0.25) is 0 Å². The molecule has 184 valence electrons. The van der Waals surface area contributed by atoms with Gasteiger partial charge < -0.3 is 26.9 Å². The Kier molecular flexibility index (Phi) is 9.71. The van der Waals surface area contributed by atoms with Gasteiger partial charge in [-0.25, -0.2) is 17.7 Å². The third kappa shape index (κ3) is 5.85. The summed E-state index contributed by atoms with van der Waals surface area (Å²) in [4.78, 5) is 8.86. The van der Waals surface area contributed by atoms with Crippen LogP contribution in [0.25, 0.3) is 44.4 Å². The maximum Gasteiger partial charge on any atom is 0.140 e. The van der Waals surface area contributed by atoms with Crippen molar-refractivity contribution in [3.05, 3.63) is 139 Å². The number of pyridine rings is 2. The molecule has 5 heteroatoms. The van der Waals surface area contributed by atoms with Crippen molar-refractivity contribution in [3.63, 3.8) is 0 Å². The van der Waals surface area contributed by atoms with E-state index in [1.54, 1.807) is 6.20 Å². The Bertz CT molecular complexity index is 1620. The average molecular weight is 742 g/mol. The summed E-state index contributed by atoms with van der Waals surface area (Å²) >= 11 is 0. The molecule has 0 N–H and O–H groups in total. The van der Waals surface area contributed by atoms with Crippen molar-refractivity contribution >= 4 is 10.8 Å². The SMILES string of the molecule is [Ir].[Y].[c-]1ccccc1-c1[c-]c[c-]c2c1COc1cccnc1-2.[c-]1ccccc1-c1nccc2ccccc12. The Morgan fingerprint density at radius 2 is 1.34 bits per heavy atom. The summed E-state index contributed by atoms with van der Waals surface area (Å²) in [7, 11) is 0. The standard InChI is InChI=1S/C18H10NO.C15H10N.Ir.Y/c1-2-6-13(7-3-1)14-8-4-9-15-16(14)12-20-17-10-5-11-19-18(15)17;1-2-7-13(8-3-1)15-14-9-5-4-6-12(14)10-11-16-15;;/h1-6,10-11H,12H2;1-7,9-11H;;/q-3;-1;;. The van der Waals surface area contributed by atoms with E-state index in [0.29, 0.717) is 6.61 Å². The summed E-state index contributed by atoms with van der Waals surface area (Å²) in [6.45, 7) is 0.514. The fourth-order valence-corrected chi connectivity index (χ4v) is 4.34. The van der Waals surface area contributed by atoms with Gasteiger partial charge in [-0.1, -0.05) is 24.3 Å². The second kappa shape index (κ2) is 13.2. The molecule has 6 aromatic rings. The molecule has 0 fully saturated rings. The van der Waals surface area contributed by atoms with E-state index in [-0.39, 0.29) is 52.8 Å². The molecule has 0 saturated carbocycles. The molecule has 0 spiro atoms. The minimum Gasteiger partial charge on any atom is -0.505 e. The fraction of sp³-hybridized carbons (Fsp3) is 0.0303. The molecule has 1 aliphatic rings. The molecule has 3 heterocycles. The van der Waals surface area contributed by atoms with Crippen LogP contribution in [0.5, 0.6) is 5.75 Å². The molecule has 0 atom stereocenters. The predicted octanol–water partition coefficient (Wildman–Crippen LogP) is 7.41. The molecule has 1 aliphatic heterocycles. The van der Waals surface area contributed by atoms with Crippen molar-refractivity contribution < 1.29 is 57.6 Å². The third-order valence-corrected chi connectivity index (χ3v) is 6.03. The molecule has 3 nitrogen and oxygen atoms in total. The van der Waals surface area contributed by atoms with Crippen molar-refractivity contribution in [2.24, 2.45) is 0 Å². The van der Waals surface area contributed by atoms with Gasteiger partial charge in [-0.05, 0) is 34.7 Å². The molecule has 0 saturated heterocycles. The van der Waals surface area contributed by atoms with Crippen LogP contribution in [0.3, 0.4) is 0 Å². The van der Waals surface area contributed by atoms with Crippen LogP contribution in [0.2, 0.25) is 0 Å². The van der Waals surface area contributed by atoms with Gasteiger partial charge in [0.05, 0.1) is 5.69 Å². The summed E-state index contributed by atoms with van der Waals surface area (Å²) < 4.78 is 5.80. The second-order valence-corrected chi connectivity index (χ2v) is 8.23. The Labute approximate surface area is 261 Å². The van der Waals surface area contributed by atoms with Crippen LogP contribution in [0.15, 0.2) is 109 Å². The van der Waals surface area contributed by atoms with Crippen LogP contribution in [0, 0.1) is 24.3 Å². The maximum atomic E-state index is 5.80. The van der Waals surface area contributed by atoms with Crippen molar-refractivity contribution in [3.8, 4) is 39.4 Å². The van der Waals surface area contributed by atoms with Gasteiger partial charge in [-0.2, -0.15) is 17.7 Å². The smallest absolute Gasteiger partial charge is 0.140 e. The molecule has 2 radical (unpaired) electrons. The van der Waals surface area contributed by atoms with Crippen molar-refractivity contribution in [1.29, 1.82) is 0 Å². The summed E-state index contributed by atoms with van der Waals surface area (Å²) in [5.74, 6) is 0.811. The fourth-order valence-electron chi connectivity index (χ4n) is 4.34. The number of hydrogen-bond acceptors (Lipinski definition) is 3. The number of rotatable bonds is 2. The quantitative estimate of drug-likeness (QED) is 0.174. The summed E-state index contributed by atoms with van der Waals surface area (Å²) in [5.41, 5.74) is 6.98. The zero-order valence-corrected chi connectivity index (χ0v) is 25.5. The molecule has 7 rings (SSSR count). The van der Waals surface area contributed by atoms with Gasteiger partial charge in [-0.3, -0.25) is 17.1 Å². The van der Waals surface area contributed by atoms with E-state index < -0.39 is 0 Å². The Morgan fingerprint density at radius 3 is 2.13 bits per heavy atom. The first-order chi connectivity index (χ1) is 17.9. The van der Waals surface area contributed by atoms with E-state index in [4.69, 9.17) is 4.74 Å². The van der Waals surface area contributed by atoms with Gasteiger partial charge >= 0.3 is 0 Å². The molecule has 38 heavy (non-hydrogen) atoms. The molecule has 4 aromatic carbocycles. The first-order valence-corrected chi connectivity index (χ1v) is 11.7. The van der Waals surface area contributed by atoms with Gasteiger partial charge in [0.25, 0.3) is 0 Å². The number of hydrogen-bond donors (Lipinski definition) is 0. The van der Waals surface area contributed by atoms with Crippen LogP contribution in [-0.4, -0.2) is 9.97 Å². The number of ether oxygens (including phenoxy) is 1. The first kappa shape index (κ1) is 28.0. The van der Waals surface area contributed by atoms with Gasteiger partial charge in [0, 0.05) is 71.8 Å². The van der Waals surface area contributed by atoms with E-state index in [9.17, 15) is 0 Å². The van der Waals surface area contributed by atoms with Crippen molar-refractivity contribution in [2.75, 3.05) is 0 Å². The van der Waals surface area contributed by atoms with Crippen LogP contribution in [-0.2, 0) is 59.4 Å². The number of nitrogens with zero attached hydrogens (tertiary/aromatic N) is 2. The summed E-state index contributed by atoms with van der Waals surface area (Å²) in [6.07, 6.45) is 3.62. The number of aromatic nitrogens is 2. The predicted molar refractivity (Wildman–Crippen MR) is 142 cm³/mol. The first-order valence-electron chi connectivity index (χ1n) is 11.7. The van der Waals surface area contributed by atoms with E-state index in [0.717, 1.165) is 45.0 Å². The van der Waals surface area contributed by atoms with Crippen molar-refractivity contribution in [1.82, 2.24) is 9.97 Å². The Balaban J connectivity index is 0.000000172. The number of benzene rings is 4. The van der Waals surface area contributed by atoms with Gasteiger partial charge in [0.15, 0.2) is 0 Å². The van der Waals surface area contributed by atoms with Crippen LogP contribution in [0.1, 0.15) is 5.56 Å². The zero-order chi connectivity index (χ0) is 24.2. The minimum atomic E-state index is 0. The van der Waals surface area contributed by atoms with Gasteiger partial charge in [-0.15, -0.1) is 42.0 Å². The van der Waals surface area contributed by atoms with E-state index in [2.05, 4.69) is 46.4 Å². The minimum absolute atomic E-state index is 0. The zero-order valence-electron chi connectivity index (χ0n) is 20.3. The van der Waals surface area contributed by atoms with Crippen molar-refractivity contribution in [2.45, 2.75) is 6.61 Å². The third-order valence-electron chi connectivity index (χ3n) is 6.03. The molecular weight excluding hydrogens is 721 g/mol. The topological polar surface area (TPSA) is 35.0 Å². The molecule has 0 aliphatic carbocycles. The second-order valence-electron chi connectivity index (χ2n) is 8.23. The largest absolute Gasteiger partial charge is 0.505 e. The molecule has 0 amide bonds. The van der Waals surface area contributed by atoms with E-state index in [1.165, 1.54) is 10.8 Å². The van der Waals surface area contributed by atoms with E-state index >= 15 is 0 Å². The summed E-state index contributed by atoms with van der Waals surface area (Å²) in [5, 5.41) is 2.39. The molecule has 2 aromatic heterocycles. The molecular formula is C33H20IrN2OY-4. The normalized spacial score (nSPS) is 10.8. The Morgan fingerprint density at radius 1 is 0.632 bits per heavy atom. The number of fused-ring (bicyclic) bond motifs is 4. The van der Waals surface area contributed by atoms with Crippen LogP contribution in [0.4, 0.5) is 0 Å². The monoisotopic (exact) mass is 742 g/mol. The Hall–Kier alpha value is -3.01. The molecule has 0 unspecified atom stereocenters. The maximum absolute atomic E-state index is 5.80.